The fraction of sp³-hybridized carbons (Fsp3) is 0.385. The van der Waals surface area contributed by atoms with Crippen LogP contribution < -0.4 is 5.32 Å². The number of halogens is 1. The molecule has 3 heterocycles. The predicted molar refractivity (Wildman–Crippen MR) is 147 cm³/mol. The van der Waals surface area contributed by atoms with Crippen molar-refractivity contribution in [2.75, 3.05) is 52.3 Å². The summed E-state index contributed by atoms with van der Waals surface area (Å²) in [4.78, 5) is 39.0. The van der Waals surface area contributed by atoms with E-state index in [1.54, 1.807) is 19.2 Å². The summed E-state index contributed by atoms with van der Waals surface area (Å²) < 4.78 is 8.30. The molecule has 11 heteroatoms. The number of ether oxygens (including phenoxy) is 1. The third-order valence-electron chi connectivity index (χ3n) is 6.58. The van der Waals surface area contributed by atoms with Crippen LogP contribution in [0.2, 0.25) is 5.02 Å². The standard InChI is InChI=1S/C26H29ClN6O3S/c1-31-9-11-32(12-10-31)24(35)8-7-22(34)17-3-6-21-20(15-17)28-25(33(21)13-14-36-2)30-26-29-19-5-4-18(27)16-23(19)37-26/h3-6,15-16H,7-14H2,1-2H3,(H,28,29,30). The van der Waals surface area contributed by atoms with Crippen molar-refractivity contribution < 1.29 is 14.3 Å². The van der Waals surface area contributed by atoms with Gasteiger partial charge in [-0.25, -0.2) is 9.97 Å². The number of carbonyl (C=O) groups excluding carboxylic acids is 2. The maximum atomic E-state index is 12.9. The molecule has 0 saturated carbocycles. The van der Waals surface area contributed by atoms with Gasteiger partial charge in [-0.2, -0.15) is 0 Å². The second-order valence-corrected chi connectivity index (χ2v) is 10.6. The fourth-order valence-corrected chi connectivity index (χ4v) is 5.57. The maximum Gasteiger partial charge on any atom is 0.223 e. The minimum absolute atomic E-state index is 0.0370. The molecule has 0 atom stereocenters. The topological polar surface area (TPSA) is 92.6 Å². The van der Waals surface area contributed by atoms with E-state index in [2.05, 4.69) is 15.2 Å². The molecule has 0 aliphatic carbocycles. The number of likely N-dealkylation sites (N-methyl/N-ethyl adjacent to an activating group) is 1. The van der Waals surface area contributed by atoms with Gasteiger partial charge in [0.2, 0.25) is 11.9 Å². The van der Waals surface area contributed by atoms with Crippen LogP contribution in [0.1, 0.15) is 23.2 Å². The summed E-state index contributed by atoms with van der Waals surface area (Å²) in [6, 6.07) is 11.1. The average Bonchev–Trinajstić information content (AvgIpc) is 3.45. The highest BCUT2D eigenvalue weighted by atomic mass is 35.5. The number of ketones is 1. The zero-order valence-electron chi connectivity index (χ0n) is 20.9. The van der Waals surface area contributed by atoms with E-state index in [1.165, 1.54) is 11.3 Å². The molecule has 0 spiro atoms. The lowest BCUT2D eigenvalue weighted by molar-refractivity contribution is -0.132. The molecule has 0 radical (unpaired) electrons. The van der Waals surface area contributed by atoms with Gasteiger partial charge in [-0.15, -0.1) is 0 Å². The third-order valence-corrected chi connectivity index (χ3v) is 7.75. The van der Waals surface area contributed by atoms with Crippen LogP contribution in [0.3, 0.4) is 0 Å². The van der Waals surface area contributed by atoms with E-state index in [0.717, 1.165) is 28.8 Å². The first-order chi connectivity index (χ1) is 17.9. The quantitative estimate of drug-likeness (QED) is 0.314. The first-order valence-corrected chi connectivity index (χ1v) is 13.4. The Morgan fingerprint density at radius 2 is 1.86 bits per heavy atom. The number of benzene rings is 2. The molecule has 4 aromatic rings. The van der Waals surface area contributed by atoms with Crippen LogP contribution in [0.4, 0.5) is 11.1 Å². The Balaban J connectivity index is 1.34. The molecule has 2 aromatic carbocycles. The molecule has 1 aliphatic heterocycles. The minimum Gasteiger partial charge on any atom is -0.383 e. The Morgan fingerprint density at radius 1 is 1.05 bits per heavy atom. The molecule has 1 amide bonds. The van der Waals surface area contributed by atoms with E-state index in [-0.39, 0.29) is 24.5 Å². The lowest BCUT2D eigenvalue weighted by Gasteiger charge is -2.32. The van der Waals surface area contributed by atoms with Crippen molar-refractivity contribution in [3.8, 4) is 0 Å². The molecule has 1 N–H and O–H groups in total. The first kappa shape index (κ1) is 25.6. The third kappa shape index (κ3) is 5.77. The Hall–Kier alpha value is -3.05. The van der Waals surface area contributed by atoms with Crippen LogP contribution in [0.5, 0.6) is 0 Å². The number of imidazole rings is 1. The summed E-state index contributed by atoms with van der Waals surface area (Å²) in [6.07, 6.45) is 0.401. The van der Waals surface area contributed by atoms with Crippen molar-refractivity contribution >= 4 is 67.0 Å². The number of anilines is 2. The van der Waals surface area contributed by atoms with Crippen LogP contribution >= 0.6 is 22.9 Å². The van der Waals surface area contributed by atoms with Gasteiger partial charge in [-0.1, -0.05) is 22.9 Å². The number of methoxy groups -OCH3 is 1. The van der Waals surface area contributed by atoms with E-state index in [1.807, 2.05) is 40.8 Å². The normalized spacial score (nSPS) is 14.5. The molecule has 0 bridgehead atoms. The number of hydrogen-bond acceptors (Lipinski definition) is 8. The Morgan fingerprint density at radius 3 is 2.65 bits per heavy atom. The smallest absolute Gasteiger partial charge is 0.223 e. The summed E-state index contributed by atoms with van der Waals surface area (Å²) in [7, 11) is 3.71. The average molecular weight is 541 g/mol. The summed E-state index contributed by atoms with van der Waals surface area (Å²) in [5.74, 6) is 0.593. The second-order valence-electron chi connectivity index (χ2n) is 9.15. The number of amides is 1. The number of Topliss-reactive ketones (excluding diaryl/α,β-unsaturated/α-hetero) is 1. The Labute approximate surface area is 224 Å². The zero-order chi connectivity index (χ0) is 25.9. The minimum atomic E-state index is -0.0617. The summed E-state index contributed by atoms with van der Waals surface area (Å²) in [5.41, 5.74) is 2.99. The lowest BCUT2D eigenvalue weighted by Crippen LogP contribution is -2.47. The van der Waals surface area contributed by atoms with Crippen molar-refractivity contribution in [3.05, 3.63) is 47.0 Å². The van der Waals surface area contributed by atoms with Crippen LogP contribution in [0, 0.1) is 0 Å². The molecule has 194 valence electrons. The molecule has 9 nitrogen and oxygen atoms in total. The van der Waals surface area contributed by atoms with Gasteiger partial charge < -0.3 is 24.4 Å². The van der Waals surface area contributed by atoms with Crippen LogP contribution in [0.25, 0.3) is 21.3 Å². The summed E-state index contributed by atoms with van der Waals surface area (Å²) in [5, 5.41) is 4.69. The van der Waals surface area contributed by atoms with Crippen LogP contribution in [-0.4, -0.2) is 83.0 Å². The number of hydrogen-bond donors (Lipinski definition) is 1. The maximum absolute atomic E-state index is 12.9. The van der Waals surface area contributed by atoms with Crippen molar-refractivity contribution in [1.82, 2.24) is 24.3 Å². The molecule has 2 aromatic heterocycles. The van der Waals surface area contributed by atoms with Crippen molar-refractivity contribution in [3.63, 3.8) is 0 Å². The molecule has 1 fully saturated rings. The van der Waals surface area contributed by atoms with Gasteiger partial charge in [0.15, 0.2) is 10.9 Å². The highest BCUT2D eigenvalue weighted by molar-refractivity contribution is 7.22. The SMILES string of the molecule is COCCn1c(Nc2nc3ccc(Cl)cc3s2)nc2cc(C(=O)CCC(=O)N3CCN(C)CC3)ccc21. The van der Waals surface area contributed by atoms with Gasteiger partial charge in [-0.05, 0) is 43.4 Å². The van der Waals surface area contributed by atoms with Gasteiger partial charge >= 0.3 is 0 Å². The van der Waals surface area contributed by atoms with Gasteiger partial charge in [0.1, 0.15) is 0 Å². The molecular formula is C26H29ClN6O3S. The number of aromatic nitrogens is 3. The van der Waals surface area contributed by atoms with E-state index in [0.29, 0.717) is 53.4 Å². The largest absolute Gasteiger partial charge is 0.383 e. The predicted octanol–water partition coefficient (Wildman–Crippen LogP) is 4.43. The van der Waals surface area contributed by atoms with Crippen molar-refractivity contribution in [2.24, 2.45) is 0 Å². The number of nitrogens with one attached hydrogen (secondary N) is 1. The molecule has 1 saturated heterocycles. The number of nitrogens with zero attached hydrogens (tertiary/aromatic N) is 5. The van der Waals surface area contributed by atoms with Crippen LogP contribution in [0.15, 0.2) is 36.4 Å². The monoisotopic (exact) mass is 540 g/mol. The highest BCUT2D eigenvalue weighted by Gasteiger charge is 2.21. The molecule has 0 unspecified atom stereocenters. The molecule has 37 heavy (non-hydrogen) atoms. The second kappa shape index (κ2) is 11.1. The van der Waals surface area contributed by atoms with E-state index in [4.69, 9.17) is 21.3 Å². The Kier molecular flexibility index (Phi) is 7.71. The number of carbonyl (C=O) groups is 2. The van der Waals surface area contributed by atoms with E-state index < -0.39 is 0 Å². The van der Waals surface area contributed by atoms with Crippen molar-refractivity contribution in [1.29, 1.82) is 0 Å². The van der Waals surface area contributed by atoms with Gasteiger partial charge in [0, 0.05) is 63.3 Å². The molecule has 5 rings (SSSR count). The van der Waals surface area contributed by atoms with Gasteiger partial charge in [0.05, 0.1) is 27.9 Å². The zero-order valence-corrected chi connectivity index (χ0v) is 22.4. The number of thiazole rings is 1. The van der Waals surface area contributed by atoms with Gasteiger partial charge in [-0.3, -0.25) is 9.59 Å². The number of rotatable bonds is 9. The molecular weight excluding hydrogens is 512 g/mol. The van der Waals surface area contributed by atoms with E-state index >= 15 is 0 Å². The summed E-state index contributed by atoms with van der Waals surface area (Å²) in [6.45, 7) is 4.24. The lowest BCUT2D eigenvalue weighted by atomic mass is 10.1. The van der Waals surface area contributed by atoms with E-state index in [9.17, 15) is 9.59 Å². The highest BCUT2D eigenvalue weighted by Crippen LogP contribution is 2.31. The van der Waals surface area contributed by atoms with Gasteiger partial charge in [0.25, 0.3) is 0 Å². The van der Waals surface area contributed by atoms with Crippen molar-refractivity contribution in [2.45, 2.75) is 19.4 Å². The van der Waals surface area contributed by atoms with Crippen LogP contribution in [-0.2, 0) is 16.1 Å². The molecule has 1 aliphatic rings. The Bertz CT molecular complexity index is 1440. The number of piperazine rings is 1. The summed E-state index contributed by atoms with van der Waals surface area (Å²) >= 11 is 7.62. The first-order valence-electron chi connectivity index (χ1n) is 12.2. The number of fused-ring (bicyclic) bond motifs is 2. The fourth-order valence-electron chi connectivity index (χ4n) is 4.43.